The van der Waals surface area contributed by atoms with Gasteiger partial charge in [-0.05, 0) is 40.3 Å². The number of nitrogens with zero attached hydrogens (tertiary/aromatic N) is 1. The number of hydrogen-bond acceptors (Lipinski definition) is 4. The maximum absolute atomic E-state index is 13.1. The van der Waals surface area contributed by atoms with Crippen LogP contribution in [0.15, 0.2) is 90.5 Å². The smallest absolute Gasteiger partial charge is 0.197 e. The van der Waals surface area contributed by atoms with Crippen molar-refractivity contribution in [2.45, 2.75) is 19.3 Å². The van der Waals surface area contributed by atoms with Gasteiger partial charge in [-0.3, -0.25) is 9.59 Å². The second-order valence-electron chi connectivity index (χ2n) is 10.5. The molecule has 3 nitrogen and oxygen atoms in total. The molecular formula is C33H21NO2S. The minimum Gasteiger partial charge on any atom is -0.300 e. The lowest BCUT2D eigenvalue weighted by Crippen LogP contribution is -2.30. The highest BCUT2D eigenvalue weighted by atomic mass is 32.1. The van der Waals surface area contributed by atoms with E-state index in [0.29, 0.717) is 11.1 Å². The molecule has 0 radical (unpaired) electrons. The maximum Gasteiger partial charge on any atom is 0.197 e. The molecule has 0 saturated heterocycles. The standard InChI is InChI=1S/C33H21NO2S/c1-33(2)25-14-7-13-21-20-12-5-8-18-9-6-15-27(28(18)20)34(29(21)25)32-26(33)17-19(37-32)16-24-30(35)22-10-3-4-11-23(22)31(24)36/h3-17H,1-2H3. The van der Waals surface area contributed by atoms with E-state index in [4.69, 9.17) is 0 Å². The van der Waals surface area contributed by atoms with E-state index in [9.17, 15) is 9.59 Å². The van der Waals surface area contributed by atoms with Gasteiger partial charge >= 0.3 is 0 Å². The van der Waals surface area contributed by atoms with Crippen LogP contribution in [0.5, 0.6) is 0 Å². The SMILES string of the molecule is CC1(C)c2cc(C=C3C(=O)c4ccccc4C3=O)sc2N2c3c(cccc31)-c1cccc3cccc2c13. The van der Waals surface area contributed by atoms with Crippen LogP contribution in [0.3, 0.4) is 0 Å². The molecule has 176 valence electrons. The molecule has 0 spiro atoms. The van der Waals surface area contributed by atoms with Gasteiger partial charge in [0.25, 0.3) is 0 Å². The molecule has 0 atom stereocenters. The van der Waals surface area contributed by atoms with Crippen LogP contribution >= 0.6 is 11.3 Å². The first kappa shape index (κ1) is 20.9. The van der Waals surface area contributed by atoms with E-state index in [1.54, 1.807) is 29.5 Å². The van der Waals surface area contributed by atoms with Crippen LogP contribution < -0.4 is 4.90 Å². The number of Topliss-reactive ketones (excluding diaryl/α,β-unsaturated/α-hetero) is 2. The number of anilines is 3. The predicted octanol–water partition coefficient (Wildman–Crippen LogP) is 8.45. The van der Waals surface area contributed by atoms with Crippen molar-refractivity contribution in [3.8, 4) is 11.1 Å². The Morgan fingerprint density at radius 1 is 0.730 bits per heavy atom. The van der Waals surface area contributed by atoms with Crippen molar-refractivity contribution >= 4 is 56.1 Å². The van der Waals surface area contributed by atoms with Gasteiger partial charge in [0.15, 0.2) is 11.6 Å². The summed E-state index contributed by atoms with van der Waals surface area (Å²) in [7, 11) is 0. The number of benzene rings is 4. The van der Waals surface area contributed by atoms with E-state index in [-0.39, 0.29) is 22.6 Å². The Bertz CT molecular complexity index is 1860. The van der Waals surface area contributed by atoms with Crippen LogP contribution in [0.25, 0.3) is 28.0 Å². The van der Waals surface area contributed by atoms with Crippen molar-refractivity contribution in [2.75, 3.05) is 4.90 Å². The van der Waals surface area contributed by atoms with Gasteiger partial charge in [-0.25, -0.2) is 0 Å². The van der Waals surface area contributed by atoms with Crippen LogP contribution in [0, 0.1) is 0 Å². The Morgan fingerprint density at radius 2 is 1.38 bits per heavy atom. The largest absolute Gasteiger partial charge is 0.300 e. The molecule has 3 aliphatic rings. The normalized spacial score (nSPS) is 16.1. The lowest BCUT2D eigenvalue weighted by atomic mass is 9.73. The zero-order chi connectivity index (χ0) is 25.1. The molecule has 0 amide bonds. The van der Waals surface area contributed by atoms with E-state index in [2.05, 4.69) is 79.4 Å². The van der Waals surface area contributed by atoms with Crippen LogP contribution in [0.4, 0.5) is 16.4 Å². The molecule has 4 heteroatoms. The predicted molar refractivity (Wildman–Crippen MR) is 151 cm³/mol. The van der Waals surface area contributed by atoms with E-state index >= 15 is 0 Å². The summed E-state index contributed by atoms with van der Waals surface area (Å²) in [5.74, 6) is -0.373. The minimum absolute atomic E-state index is 0.187. The van der Waals surface area contributed by atoms with Gasteiger partial charge in [-0.15, -0.1) is 11.3 Å². The third kappa shape index (κ3) is 2.55. The molecule has 0 saturated carbocycles. The third-order valence-corrected chi connectivity index (χ3v) is 9.21. The third-order valence-electron chi connectivity index (χ3n) is 8.15. The summed E-state index contributed by atoms with van der Waals surface area (Å²) in [4.78, 5) is 29.5. The van der Waals surface area contributed by atoms with Crippen molar-refractivity contribution in [1.82, 2.24) is 0 Å². The Morgan fingerprint density at radius 3 is 2.14 bits per heavy atom. The molecule has 0 N–H and O–H groups in total. The number of fused-ring (bicyclic) bond motifs is 5. The number of allylic oxidation sites excluding steroid dienone is 1. The molecule has 3 heterocycles. The van der Waals surface area contributed by atoms with Crippen LogP contribution in [-0.2, 0) is 5.41 Å². The number of rotatable bonds is 1. The molecule has 0 unspecified atom stereocenters. The maximum atomic E-state index is 13.1. The number of ketones is 2. The molecule has 1 aliphatic carbocycles. The van der Waals surface area contributed by atoms with Gasteiger partial charge in [0.1, 0.15) is 5.00 Å². The van der Waals surface area contributed by atoms with E-state index in [0.717, 1.165) is 9.88 Å². The lowest BCUT2D eigenvalue weighted by Gasteiger charge is -2.43. The summed E-state index contributed by atoms with van der Waals surface area (Å²) in [5.41, 5.74) is 8.40. The van der Waals surface area contributed by atoms with E-state index in [1.807, 2.05) is 12.1 Å². The van der Waals surface area contributed by atoms with E-state index < -0.39 is 0 Å². The molecule has 0 bridgehead atoms. The van der Waals surface area contributed by atoms with Crippen molar-refractivity contribution in [3.63, 3.8) is 0 Å². The average molecular weight is 496 g/mol. The summed E-state index contributed by atoms with van der Waals surface area (Å²) in [6.45, 7) is 4.54. The molecular weight excluding hydrogens is 474 g/mol. The Balaban J connectivity index is 1.39. The van der Waals surface area contributed by atoms with Crippen molar-refractivity contribution in [2.24, 2.45) is 0 Å². The zero-order valence-electron chi connectivity index (χ0n) is 20.3. The molecule has 8 rings (SSSR count). The van der Waals surface area contributed by atoms with Crippen LogP contribution in [0.2, 0.25) is 0 Å². The lowest BCUT2D eigenvalue weighted by molar-refractivity contribution is 0.0990. The molecule has 4 aromatic carbocycles. The van der Waals surface area contributed by atoms with Gasteiger partial charge in [-0.2, -0.15) is 0 Å². The van der Waals surface area contributed by atoms with E-state index in [1.165, 1.54) is 44.4 Å². The first-order valence-corrected chi connectivity index (χ1v) is 13.3. The first-order chi connectivity index (χ1) is 17.9. The van der Waals surface area contributed by atoms with Gasteiger partial charge in [0.05, 0.1) is 16.9 Å². The average Bonchev–Trinajstić information content (AvgIpc) is 3.45. The van der Waals surface area contributed by atoms with Crippen LogP contribution in [0.1, 0.15) is 50.6 Å². The fourth-order valence-corrected chi connectivity index (χ4v) is 7.63. The Labute approximate surface area is 218 Å². The van der Waals surface area contributed by atoms with Gasteiger partial charge < -0.3 is 4.90 Å². The summed E-state index contributed by atoms with van der Waals surface area (Å²) < 4.78 is 0. The van der Waals surface area contributed by atoms with Crippen molar-refractivity contribution in [1.29, 1.82) is 0 Å². The molecule has 37 heavy (non-hydrogen) atoms. The zero-order valence-corrected chi connectivity index (χ0v) is 21.1. The summed E-state index contributed by atoms with van der Waals surface area (Å²) >= 11 is 1.65. The highest BCUT2D eigenvalue weighted by Crippen LogP contribution is 2.61. The Kier molecular flexibility index (Phi) is 3.91. The highest BCUT2D eigenvalue weighted by molar-refractivity contribution is 7.17. The summed E-state index contributed by atoms with van der Waals surface area (Å²) in [6.07, 6.45) is 1.80. The number of carbonyl (C=O) groups excluding carboxylic acids is 2. The van der Waals surface area contributed by atoms with Gasteiger partial charge in [0.2, 0.25) is 0 Å². The topological polar surface area (TPSA) is 37.4 Å². The van der Waals surface area contributed by atoms with Crippen LogP contribution in [-0.4, -0.2) is 11.6 Å². The molecule has 0 fully saturated rings. The fourth-order valence-electron chi connectivity index (χ4n) is 6.35. The monoisotopic (exact) mass is 495 g/mol. The van der Waals surface area contributed by atoms with Gasteiger partial charge in [-0.1, -0.05) is 86.6 Å². The Hall–Kier alpha value is -4.28. The summed E-state index contributed by atoms with van der Waals surface area (Å²) in [5, 5.41) is 3.62. The molecule has 5 aromatic rings. The second-order valence-corrected chi connectivity index (χ2v) is 11.5. The highest BCUT2D eigenvalue weighted by Gasteiger charge is 2.42. The molecule has 2 aliphatic heterocycles. The summed E-state index contributed by atoms with van der Waals surface area (Å²) in [6, 6.07) is 28.9. The number of hydrogen-bond donors (Lipinski definition) is 0. The second kappa shape index (κ2) is 6.93. The number of para-hydroxylation sites is 1. The van der Waals surface area contributed by atoms with Crippen molar-refractivity contribution in [3.05, 3.63) is 118 Å². The van der Waals surface area contributed by atoms with Crippen molar-refractivity contribution < 1.29 is 9.59 Å². The number of carbonyl (C=O) groups is 2. The quantitative estimate of drug-likeness (QED) is 0.170. The fraction of sp³-hybridized carbons (Fsp3) is 0.0909. The molecule has 1 aromatic heterocycles. The van der Waals surface area contributed by atoms with Gasteiger partial charge in [0, 0.05) is 32.4 Å². The number of thiophene rings is 1. The first-order valence-electron chi connectivity index (χ1n) is 12.5. The minimum atomic E-state index is -0.239.